The number of benzene rings is 1. The maximum Gasteiger partial charge on any atom is 0.141 e. The first kappa shape index (κ1) is 11.5. The van der Waals surface area contributed by atoms with E-state index < -0.39 is 5.82 Å². The van der Waals surface area contributed by atoms with Crippen LogP contribution in [0.3, 0.4) is 0 Å². The quantitative estimate of drug-likeness (QED) is 0.709. The molecule has 0 aromatic heterocycles. The Morgan fingerprint density at radius 1 is 1.33 bits per heavy atom. The summed E-state index contributed by atoms with van der Waals surface area (Å²) < 4.78 is 18.6. The zero-order chi connectivity index (χ0) is 11.6. The molecule has 1 rings (SSSR count). The number of methoxy groups -OCH3 is 1. The molecule has 0 unspecified atom stereocenters. The lowest BCUT2D eigenvalue weighted by molar-refractivity contribution is 0.395. The highest BCUT2D eigenvalue weighted by Gasteiger charge is 2.25. The van der Waals surface area contributed by atoms with Crippen molar-refractivity contribution in [2.24, 2.45) is 0 Å². The van der Waals surface area contributed by atoms with Crippen molar-refractivity contribution in [1.29, 1.82) is 5.26 Å². The number of nitriles is 1. The fourth-order valence-electron chi connectivity index (χ4n) is 1.58. The number of rotatable bonds is 1. The van der Waals surface area contributed by atoms with Crippen LogP contribution in [-0.4, -0.2) is 7.11 Å². The summed E-state index contributed by atoms with van der Waals surface area (Å²) >= 11 is 0. The lowest BCUT2D eigenvalue weighted by atomic mass is 9.83. The number of hydrogen-bond donors (Lipinski definition) is 0. The van der Waals surface area contributed by atoms with E-state index in [1.165, 1.54) is 13.2 Å². The summed E-state index contributed by atoms with van der Waals surface area (Å²) in [4.78, 5) is 0. The minimum atomic E-state index is -0.497. The van der Waals surface area contributed by atoms with E-state index in [1.54, 1.807) is 6.07 Å². The van der Waals surface area contributed by atoms with Crippen molar-refractivity contribution in [3.63, 3.8) is 0 Å². The zero-order valence-electron chi connectivity index (χ0n) is 9.39. The van der Waals surface area contributed by atoms with Gasteiger partial charge in [-0.15, -0.1) is 0 Å². The maximum absolute atomic E-state index is 13.4. The molecular weight excluding hydrogens is 193 g/mol. The third kappa shape index (κ3) is 2.10. The summed E-state index contributed by atoms with van der Waals surface area (Å²) in [5.74, 6) is 0.0590. The third-order valence-electron chi connectivity index (χ3n) is 2.20. The fraction of sp³-hybridized carbons (Fsp3) is 0.417. The molecule has 0 N–H and O–H groups in total. The SMILES string of the molecule is COc1ccc(F)c(C#N)c1C(C)(C)C. The van der Waals surface area contributed by atoms with E-state index in [9.17, 15) is 4.39 Å². The Bertz CT molecular complexity index is 413. The van der Waals surface area contributed by atoms with Crippen LogP contribution in [0.1, 0.15) is 31.9 Å². The van der Waals surface area contributed by atoms with Gasteiger partial charge in [0, 0.05) is 5.56 Å². The predicted octanol–water partition coefficient (Wildman–Crippen LogP) is 3.00. The monoisotopic (exact) mass is 207 g/mol. The van der Waals surface area contributed by atoms with Crippen LogP contribution >= 0.6 is 0 Å². The molecule has 0 amide bonds. The van der Waals surface area contributed by atoms with E-state index >= 15 is 0 Å². The molecule has 0 fully saturated rings. The van der Waals surface area contributed by atoms with E-state index in [1.807, 2.05) is 26.8 Å². The summed E-state index contributed by atoms with van der Waals surface area (Å²) in [6, 6.07) is 4.70. The Balaban J connectivity index is 3.57. The number of halogens is 1. The smallest absolute Gasteiger partial charge is 0.141 e. The minimum absolute atomic E-state index is 0.0712. The van der Waals surface area contributed by atoms with Gasteiger partial charge in [-0.05, 0) is 17.5 Å². The van der Waals surface area contributed by atoms with Crippen molar-refractivity contribution in [2.45, 2.75) is 26.2 Å². The van der Waals surface area contributed by atoms with Crippen LogP contribution in [0.25, 0.3) is 0 Å². The van der Waals surface area contributed by atoms with Crippen molar-refractivity contribution >= 4 is 0 Å². The summed E-state index contributed by atoms with van der Waals surface area (Å²) in [5.41, 5.74) is 0.368. The Kier molecular flexibility index (Phi) is 2.99. The van der Waals surface area contributed by atoms with Crippen LogP contribution in [0.5, 0.6) is 5.75 Å². The lowest BCUT2D eigenvalue weighted by Crippen LogP contribution is -2.16. The molecule has 0 atom stereocenters. The first-order valence-electron chi connectivity index (χ1n) is 4.69. The Hall–Kier alpha value is -1.56. The summed E-state index contributed by atoms with van der Waals surface area (Å²) in [6.45, 7) is 5.77. The molecule has 0 saturated carbocycles. The van der Waals surface area contributed by atoms with Crippen LogP contribution in [0.2, 0.25) is 0 Å². The van der Waals surface area contributed by atoms with Gasteiger partial charge in [-0.2, -0.15) is 5.26 Å². The molecule has 0 aliphatic carbocycles. The van der Waals surface area contributed by atoms with Crippen LogP contribution in [0.15, 0.2) is 12.1 Å². The second-order valence-electron chi connectivity index (χ2n) is 4.36. The van der Waals surface area contributed by atoms with Crippen LogP contribution in [0.4, 0.5) is 4.39 Å². The van der Waals surface area contributed by atoms with Gasteiger partial charge in [0.15, 0.2) is 0 Å². The molecular formula is C12H14FNO. The Labute approximate surface area is 89.3 Å². The molecule has 1 aromatic carbocycles. The predicted molar refractivity (Wildman–Crippen MR) is 56.4 cm³/mol. The first-order chi connectivity index (χ1) is 6.91. The molecule has 0 bridgehead atoms. The molecule has 0 aliphatic heterocycles. The van der Waals surface area contributed by atoms with E-state index in [2.05, 4.69) is 0 Å². The fourth-order valence-corrected chi connectivity index (χ4v) is 1.58. The largest absolute Gasteiger partial charge is 0.496 e. The van der Waals surface area contributed by atoms with Gasteiger partial charge >= 0.3 is 0 Å². The summed E-state index contributed by atoms with van der Waals surface area (Å²) in [7, 11) is 1.52. The molecule has 80 valence electrons. The highest BCUT2D eigenvalue weighted by molar-refractivity contribution is 5.51. The van der Waals surface area contributed by atoms with Crippen LogP contribution in [0, 0.1) is 17.1 Å². The number of nitrogens with zero attached hydrogens (tertiary/aromatic N) is 1. The maximum atomic E-state index is 13.4. The van der Waals surface area contributed by atoms with E-state index in [0.29, 0.717) is 11.3 Å². The minimum Gasteiger partial charge on any atom is -0.496 e. The zero-order valence-corrected chi connectivity index (χ0v) is 9.39. The molecule has 2 nitrogen and oxygen atoms in total. The van der Waals surface area contributed by atoms with Gasteiger partial charge in [0.05, 0.1) is 12.7 Å². The normalized spacial score (nSPS) is 10.9. The molecule has 15 heavy (non-hydrogen) atoms. The van der Waals surface area contributed by atoms with Crippen molar-refractivity contribution in [3.8, 4) is 11.8 Å². The standard InChI is InChI=1S/C12H14FNO/c1-12(2,3)11-8(7-14)9(13)5-6-10(11)15-4/h5-6H,1-4H3. The number of ether oxygens (including phenoxy) is 1. The van der Waals surface area contributed by atoms with Gasteiger partial charge in [-0.1, -0.05) is 20.8 Å². The van der Waals surface area contributed by atoms with Crippen LogP contribution < -0.4 is 4.74 Å². The molecule has 1 aromatic rings. The molecule has 0 spiro atoms. The molecule has 0 saturated heterocycles. The van der Waals surface area contributed by atoms with Crippen LogP contribution in [-0.2, 0) is 5.41 Å². The summed E-state index contributed by atoms with van der Waals surface area (Å²) in [6.07, 6.45) is 0. The average Bonchev–Trinajstić information content (AvgIpc) is 2.15. The Morgan fingerprint density at radius 3 is 2.33 bits per heavy atom. The highest BCUT2D eigenvalue weighted by atomic mass is 19.1. The second-order valence-corrected chi connectivity index (χ2v) is 4.36. The van der Waals surface area contributed by atoms with Gasteiger partial charge < -0.3 is 4.74 Å². The van der Waals surface area contributed by atoms with Gasteiger partial charge in [-0.3, -0.25) is 0 Å². The van der Waals surface area contributed by atoms with E-state index in [-0.39, 0.29) is 11.0 Å². The highest BCUT2D eigenvalue weighted by Crippen LogP contribution is 2.35. The third-order valence-corrected chi connectivity index (χ3v) is 2.20. The van der Waals surface area contributed by atoms with Crippen molar-refractivity contribution < 1.29 is 9.13 Å². The molecule has 3 heteroatoms. The van der Waals surface area contributed by atoms with Crippen molar-refractivity contribution in [3.05, 3.63) is 29.1 Å². The van der Waals surface area contributed by atoms with Gasteiger partial charge in [-0.25, -0.2) is 4.39 Å². The summed E-state index contributed by atoms with van der Waals surface area (Å²) in [5, 5.41) is 8.94. The molecule has 0 radical (unpaired) electrons. The first-order valence-corrected chi connectivity index (χ1v) is 4.69. The van der Waals surface area contributed by atoms with Crippen molar-refractivity contribution in [2.75, 3.05) is 7.11 Å². The lowest BCUT2D eigenvalue weighted by Gasteiger charge is -2.23. The van der Waals surface area contributed by atoms with Crippen molar-refractivity contribution in [1.82, 2.24) is 0 Å². The average molecular weight is 207 g/mol. The van der Waals surface area contributed by atoms with Gasteiger partial charge in [0.1, 0.15) is 17.6 Å². The van der Waals surface area contributed by atoms with Gasteiger partial charge in [0.25, 0.3) is 0 Å². The van der Waals surface area contributed by atoms with Gasteiger partial charge in [0.2, 0.25) is 0 Å². The topological polar surface area (TPSA) is 33.0 Å². The van der Waals surface area contributed by atoms with E-state index in [0.717, 1.165) is 0 Å². The second kappa shape index (κ2) is 3.90. The van der Waals surface area contributed by atoms with E-state index in [4.69, 9.17) is 10.00 Å². The number of hydrogen-bond acceptors (Lipinski definition) is 2. The Morgan fingerprint density at radius 2 is 1.93 bits per heavy atom. The molecule has 0 heterocycles. The molecule has 0 aliphatic rings.